The lowest BCUT2D eigenvalue weighted by molar-refractivity contribution is 0.479. The summed E-state index contributed by atoms with van der Waals surface area (Å²) in [6.45, 7) is 0. The summed E-state index contributed by atoms with van der Waals surface area (Å²) in [7, 11) is 0. The molecule has 0 bridgehead atoms. The van der Waals surface area contributed by atoms with Crippen LogP contribution in [0.2, 0.25) is 10.0 Å². The van der Waals surface area contributed by atoms with Gasteiger partial charge in [-0.2, -0.15) is 0 Å². The van der Waals surface area contributed by atoms with E-state index in [0.717, 1.165) is 6.07 Å². The normalized spacial score (nSPS) is 10.4. The molecule has 0 aliphatic heterocycles. The molecule has 2 nitrogen and oxygen atoms in total. The first-order valence-corrected chi connectivity index (χ1v) is 6.40. The van der Waals surface area contributed by atoms with Crippen molar-refractivity contribution >= 4 is 44.8 Å². The fourth-order valence-corrected chi connectivity index (χ4v) is 2.22. The Labute approximate surface area is 122 Å². The molecular weight excluding hydrogens is 344 g/mol. The monoisotopic (exact) mass is 349 g/mol. The van der Waals surface area contributed by atoms with E-state index in [0.29, 0.717) is 10.7 Å². The highest BCUT2D eigenvalue weighted by atomic mass is 79.9. The average Bonchev–Trinajstić information content (AvgIpc) is 2.30. The van der Waals surface area contributed by atoms with Gasteiger partial charge in [0.2, 0.25) is 0 Å². The molecule has 0 fully saturated rings. The van der Waals surface area contributed by atoms with Crippen LogP contribution in [0.5, 0.6) is 11.5 Å². The van der Waals surface area contributed by atoms with E-state index >= 15 is 0 Å². The largest absolute Gasteiger partial charge is 0.452 e. The second-order valence-electron chi connectivity index (χ2n) is 3.46. The molecular formula is C12H7BrCl2FNO. The lowest BCUT2D eigenvalue weighted by Crippen LogP contribution is -1.94. The SMILES string of the molecule is Nc1cccc(Cl)c1Oc1cc(F)c(Br)cc1Cl. The van der Waals surface area contributed by atoms with Crippen LogP contribution in [0.3, 0.4) is 0 Å². The van der Waals surface area contributed by atoms with Gasteiger partial charge in [-0.25, -0.2) is 4.39 Å². The van der Waals surface area contributed by atoms with Gasteiger partial charge in [0, 0.05) is 6.07 Å². The number of halogens is 4. The molecule has 0 aliphatic rings. The van der Waals surface area contributed by atoms with Crippen LogP contribution in [0.1, 0.15) is 0 Å². The molecule has 0 unspecified atom stereocenters. The number of hydrogen-bond donors (Lipinski definition) is 1. The van der Waals surface area contributed by atoms with Gasteiger partial charge < -0.3 is 10.5 Å². The molecule has 0 atom stereocenters. The summed E-state index contributed by atoms with van der Waals surface area (Å²) in [6, 6.07) is 7.50. The Morgan fingerprint density at radius 3 is 2.56 bits per heavy atom. The van der Waals surface area contributed by atoms with Crippen molar-refractivity contribution in [3.8, 4) is 11.5 Å². The van der Waals surface area contributed by atoms with Crippen molar-refractivity contribution in [3.63, 3.8) is 0 Å². The maximum absolute atomic E-state index is 13.4. The third-order valence-electron chi connectivity index (χ3n) is 2.18. The summed E-state index contributed by atoms with van der Waals surface area (Å²) < 4.78 is 19.1. The van der Waals surface area contributed by atoms with Crippen LogP contribution in [0, 0.1) is 5.82 Å². The number of ether oxygens (including phenoxy) is 1. The van der Waals surface area contributed by atoms with Crippen molar-refractivity contribution < 1.29 is 9.13 Å². The van der Waals surface area contributed by atoms with Crippen LogP contribution in [0.25, 0.3) is 0 Å². The maximum Gasteiger partial charge on any atom is 0.168 e. The Morgan fingerprint density at radius 1 is 1.17 bits per heavy atom. The van der Waals surface area contributed by atoms with Crippen molar-refractivity contribution in [1.82, 2.24) is 0 Å². The van der Waals surface area contributed by atoms with Gasteiger partial charge in [0.05, 0.1) is 20.2 Å². The molecule has 0 heterocycles. The van der Waals surface area contributed by atoms with Crippen molar-refractivity contribution in [2.24, 2.45) is 0 Å². The summed E-state index contributed by atoms with van der Waals surface area (Å²) in [4.78, 5) is 0. The lowest BCUT2D eigenvalue weighted by atomic mass is 10.3. The standard InChI is InChI=1S/C12H7BrCl2FNO/c13-6-4-8(15)11(5-9(6)16)18-12-7(14)2-1-3-10(12)17/h1-5H,17H2. The molecule has 2 aromatic carbocycles. The van der Waals surface area contributed by atoms with Gasteiger partial charge >= 0.3 is 0 Å². The summed E-state index contributed by atoms with van der Waals surface area (Å²) in [6.07, 6.45) is 0. The quantitative estimate of drug-likeness (QED) is 0.591. The maximum atomic E-state index is 13.4. The molecule has 2 N–H and O–H groups in total. The van der Waals surface area contributed by atoms with Gasteiger partial charge in [-0.3, -0.25) is 0 Å². The van der Waals surface area contributed by atoms with Crippen molar-refractivity contribution in [2.45, 2.75) is 0 Å². The van der Waals surface area contributed by atoms with Crippen LogP contribution in [0.15, 0.2) is 34.8 Å². The third kappa shape index (κ3) is 2.71. The smallest absolute Gasteiger partial charge is 0.168 e. The molecule has 2 rings (SSSR count). The summed E-state index contributed by atoms with van der Waals surface area (Å²) in [5.41, 5.74) is 6.08. The van der Waals surface area contributed by atoms with Crippen LogP contribution < -0.4 is 10.5 Å². The zero-order chi connectivity index (χ0) is 13.3. The van der Waals surface area contributed by atoms with Gasteiger partial charge in [0.15, 0.2) is 5.75 Å². The number of rotatable bonds is 2. The molecule has 0 amide bonds. The number of nitrogens with two attached hydrogens (primary N) is 1. The highest BCUT2D eigenvalue weighted by molar-refractivity contribution is 9.10. The van der Waals surface area contributed by atoms with Gasteiger partial charge in [-0.05, 0) is 34.1 Å². The number of anilines is 1. The van der Waals surface area contributed by atoms with E-state index in [9.17, 15) is 4.39 Å². The number of nitrogen functional groups attached to an aromatic ring is 1. The van der Waals surface area contributed by atoms with E-state index < -0.39 is 5.82 Å². The lowest BCUT2D eigenvalue weighted by Gasteiger charge is -2.11. The minimum Gasteiger partial charge on any atom is -0.452 e. The summed E-state index contributed by atoms with van der Waals surface area (Å²) in [5.74, 6) is -0.0834. The molecule has 18 heavy (non-hydrogen) atoms. The molecule has 0 saturated heterocycles. The minimum absolute atomic E-state index is 0.150. The van der Waals surface area contributed by atoms with Gasteiger partial charge in [-0.1, -0.05) is 29.3 Å². The molecule has 6 heteroatoms. The number of para-hydroxylation sites is 1. The van der Waals surface area contributed by atoms with Crippen molar-refractivity contribution in [2.75, 3.05) is 5.73 Å². The Hall–Kier alpha value is -0.970. The molecule has 0 saturated carbocycles. The molecule has 94 valence electrons. The molecule has 0 aromatic heterocycles. The van der Waals surface area contributed by atoms with Crippen LogP contribution >= 0.6 is 39.1 Å². The van der Waals surface area contributed by atoms with Gasteiger partial charge in [-0.15, -0.1) is 0 Å². The van der Waals surface area contributed by atoms with E-state index in [-0.39, 0.29) is 21.0 Å². The molecule has 2 aromatic rings. The zero-order valence-electron chi connectivity index (χ0n) is 8.88. The average molecular weight is 351 g/mol. The predicted octanol–water partition coefficient (Wildman–Crippen LogP) is 5.27. The van der Waals surface area contributed by atoms with Gasteiger partial charge in [0.1, 0.15) is 11.6 Å². The molecule has 0 aliphatic carbocycles. The van der Waals surface area contributed by atoms with Crippen LogP contribution in [0.4, 0.5) is 10.1 Å². The second kappa shape index (κ2) is 5.34. The Kier molecular flexibility index (Phi) is 4.00. The molecule has 0 radical (unpaired) electrons. The minimum atomic E-state index is -0.486. The Bertz CT molecular complexity index is 587. The van der Waals surface area contributed by atoms with E-state index in [1.807, 2.05) is 0 Å². The topological polar surface area (TPSA) is 35.2 Å². The first-order valence-electron chi connectivity index (χ1n) is 4.85. The third-order valence-corrected chi connectivity index (χ3v) is 3.38. The number of benzene rings is 2. The first kappa shape index (κ1) is 13.5. The van der Waals surface area contributed by atoms with Crippen molar-refractivity contribution in [1.29, 1.82) is 0 Å². The second-order valence-corrected chi connectivity index (χ2v) is 5.13. The van der Waals surface area contributed by atoms with E-state index in [1.165, 1.54) is 6.07 Å². The fourth-order valence-electron chi connectivity index (χ4n) is 1.33. The van der Waals surface area contributed by atoms with E-state index in [4.69, 9.17) is 33.7 Å². The summed E-state index contributed by atoms with van der Waals surface area (Å²) >= 11 is 14.9. The Morgan fingerprint density at radius 2 is 1.89 bits per heavy atom. The predicted molar refractivity (Wildman–Crippen MR) is 75.0 cm³/mol. The fraction of sp³-hybridized carbons (Fsp3) is 0. The first-order chi connectivity index (χ1) is 8.49. The highest BCUT2D eigenvalue weighted by Gasteiger charge is 2.12. The number of hydrogen-bond acceptors (Lipinski definition) is 2. The van der Waals surface area contributed by atoms with E-state index in [1.54, 1.807) is 18.2 Å². The summed E-state index contributed by atoms with van der Waals surface area (Å²) in [5, 5.41) is 0.581. The van der Waals surface area contributed by atoms with Crippen LogP contribution in [-0.4, -0.2) is 0 Å². The van der Waals surface area contributed by atoms with Gasteiger partial charge in [0.25, 0.3) is 0 Å². The van der Waals surface area contributed by atoms with Crippen molar-refractivity contribution in [3.05, 3.63) is 50.7 Å². The molecule has 0 spiro atoms. The zero-order valence-corrected chi connectivity index (χ0v) is 12.0. The van der Waals surface area contributed by atoms with Crippen LogP contribution in [-0.2, 0) is 0 Å². The Balaban J connectivity index is 2.43. The highest BCUT2D eigenvalue weighted by Crippen LogP contribution is 2.39. The van der Waals surface area contributed by atoms with E-state index in [2.05, 4.69) is 15.9 Å².